The van der Waals surface area contributed by atoms with Gasteiger partial charge in [0.2, 0.25) is 0 Å². The smallest absolute Gasteiger partial charge is 0.267 e. The second-order valence-corrected chi connectivity index (χ2v) is 5.32. The number of nitrogens with one attached hydrogen (secondary N) is 2. The zero-order chi connectivity index (χ0) is 17.5. The first-order valence-corrected chi connectivity index (χ1v) is 7.36. The molecule has 6 heteroatoms. The summed E-state index contributed by atoms with van der Waals surface area (Å²) in [7, 11) is 0. The maximum atomic E-state index is 12.2. The molecule has 0 aliphatic carbocycles. The normalized spacial score (nSPS) is 10.4. The molecule has 0 fully saturated rings. The Bertz CT molecular complexity index is 891. The van der Waals surface area contributed by atoms with Crippen LogP contribution in [0.2, 0.25) is 5.02 Å². The number of aryl methyl sites for hydroxylation is 1. The van der Waals surface area contributed by atoms with Crippen LogP contribution in [0, 0.1) is 29.6 Å². The van der Waals surface area contributed by atoms with Crippen LogP contribution in [-0.2, 0) is 4.79 Å². The number of rotatable bonds is 4. The van der Waals surface area contributed by atoms with E-state index < -0.39 is 5.91 Å². The van der Waals surface area contributed by atoms with Crippen LogP contribution < -0.4 is 10.6 Å². The molecule has 0 radical (unpaired) electrons. The van der Waals surface area contributed by atoms with Crippen molar-refractivity contribution in [2.45, 2.75) is 6.92 Å². The molecule has 0 aliphatic rings. The molecule has 0 aliphatic heterocycles. The number of amides is 1. The average molecular weight is 337 g/mol. The van der Waals surface area contributed by atoms with E-state index in [4.69, 9.17) is 16.9 Å². The number of para-hydroxylation sites is 1. The molecule has 0 heterocycles. The van der Waals surface area contributed by atoms with Crippen molar-refractivity contribution in [2.75, 3.05) is 10.6 Å². The van der Waals surface area contributed by atoms with Crippen LogP contribution in [0.5, 0.6) is 0 Å². The van der Waals surface area contributed by atoms with Gasteiger partial charge in [0, 0.05) is 16.9 Å². The molecule has 2 N–H and O–H groups in total. The number of nitriles is 2. The Balaban J connectivity index is 2.19. The van der Waals surface area contributed by atoms with Crippen molar-refractivity contribution in [1.29, 1.82) is 10.5 Å². The van der Waals surface area contributed by atoms with Gasteiger partial charge in [0.15, 0.2) is 0 Å². The topological polar surface area (TPSA) is 88.7 Å². The lowest BCUT2D eigenvalue weighted by Crippen LogP contribution is -2.15. The van der Waals surface area contributed by atoms with Gasteiger partial charge in [-0.05, 0) is 36.8 Å². The predicted octanol–water partition coefficient (Wildman–Crippen LogP) is 3.98. The molecule has 0 unspecified atom stereocenters. The molecule has 5 nitrogen and oxygen atoms in total. The third kappa shape index (κ3) is 4.13. The van der Waals surface area contributed by atoms with E-state index in [9.17, 15) is 10.1 Å². The largest absolute Gasteiger partial charge is 0.360 e. The lowest BCUT2D eigenvalue weighted by Gasteiger charge is -2.08. The molecule has 0 aromatic heterocycles. The fraction of sp³-hybridized carbons (Fsp3) is 0.0556. The molecular weight excluding hydrogens is 324 g/mol. The van der Waals surface area contributed by atoms with Gasteiger partial charge in [-0.25, -0.2) is 0 Å². The van der Waals surface area contributed by atoms with Gasteiger partial charge in [-0.1, -0.05) is 29.8 Å². The Morgan fingerprint density at radius 2 is 1.92 bits per heavy atom. The van der Waals surface area contributed by atoms with Crippen LogP contribution in [0.15, 0.2) is 54.2 Å². The summed E-state index contributed by atoms with van der Waals surface area (Å²) < 4.78 is 0. The quantitative estimate of drug-likeness (QED) is 0.653. The Hall–Kier alpha value is -3.28. The predicted molar refractivity (Wildman–Crippen MR) is 93.3 cm³/mol. The van der Waals surface area contributed by atoms with Gasteiger partial charge in [-0.2, -0.15) is 10.5 Å². The zero-order valence-corrected chi connectivity index (χ0v) is 13.6. The van der Waals surface area contributed by atoms with E-state index in [1.54, 1.807) is 36.4 Å². The molecule has 118 valence electrons. The number of benzene rings is 2. The second kappa shape index (κ2) is 7.82. The van der Waals surface area contributed by atoms with Crippen LogP contribution in [0.4, 0.5) is 11.4 Å². The molecule has 2 aromatic carbocycles. The number of anilines is 2. The third-order valence-corrected chi connectivity index (χ3v) is 3.47. The molecule has 0 saturated carbocycles. The number of carbonyl (C=O) groups excluding carboxylic acids is 1. The summed E-state index contributed by atoms with van der Waals surface area (Å²) in [5, 5.41) is 24.2. The molecule has 2 rings (SSSR count). The summed E-state index contributed by atoms with van der Waals surface area (Å²) in [6.07, 6.45) is 1.31. The molecule has 2 aromatic rings. The summed E-state index contributed by atoms with van der Waals surface area (Å²) in [4.78, 5) is 12.2. The number of nitrogens with zero attached hydrogens (tertiary/aromatic N) is 2. The molecule has 0 saturated heterocycles. The average Bonchev–Trinajstić information content (AvgIpc) is 2.58. The summed E-state index contributed by atoms with van der Waals surface area (Å²) in [5.74, 6) is -0.604. The lowest BCUT2D eigenvalue weighted by atomic mass is 10.2. The first kappa shape index (κ1) is 17.1. The summed E-state index contributed by atoms with van der Waals surface area (Å²) in [6.45, 7) is 1.88. The van der Waals surface area contributed by atoms with Crippen molar-refractivity contribution in [3.63, 3.8) is 0 Å². The van der Waals surface area contributed by atoms with Crippen LogP contribution in [0.3, 0.4) is 0 Å². The Morgan fingerprint density at radius 1 is 1.17 bits per heavy atom. The second-order valence-electron chi connectivity index (χ2n) is 4.88. The summed E-state index contributed by atoms with van der Waals surface area (Å²) in [6, 6.07) is 15.7. The molecule has 1 amide bonds. The van der Waals surface area contributed by atoms with Gasteiger partial charge >= 0.3 is 0 Å². The van der Waals surface area contributed by atoms with Crippen molar-refractivity contribution in [2.24, 2.45) is 0 Å². The van der Waals surface area contributed by atoms with Gasteiger partial charge in [0.25, 0.3) is 5.91 Å². The number of hydrogen-bond acceptors (Lipinski definition) is 4. The maximum Gasteiger partial charge on any atom is 0.267 e. The van der Waals surface area contributed by atoms with E-state index in [0.29, 0.717) is 22.0 Å². The van der Waals surface area contributed by atoms with E-state index >= 15 is 0 Å². The van der Waals surface area contributed by atoms with E-state index in [0.717, 1.165) is 5.56 Å². The van der Waals surface area contributed by atoms with Crippen molar-refractivity contribution in [3.05, 3.63) is 70.4 Å². The monoisotopic (exact) mass is 336 g/mol. The Morgan fingerprint density at radius 3 is 2.62 bits per heavy atom. The molecule has 24 heavy (non-hydrogen) atoms. The van der Waals surface area contributed by atoms with Crippen LogP contribution >= 0.6 is 11.6 Å². The van der Waals surface area contributed by atoms with Gasteiger partial charge in [0.05, 0.1) is 11.3 Å². The van der Waals surface area contributed by atoms with Gasteiger partial charge in [-0.3, -0.25) is 4.79 Å². The molecule has 0 bridgehead atoms. The fourth-order valence-corrected chi connectivity index (χ4v) is 2.10. The standard InChI is InChI=1S/C18H13ClN4O/c1-12-6-7-15(19)8-17(12)22-11-14(10-21)18(24)23-16-5-3-2-4-13(16)9-20/h2-8,11,22H,1H3,(H,23,24)/b14-11-. The SMILES string of the molecule is Cc1ccc(Cl)cc1N/C=C(/C#N)C(=O)Nc1ccccc1C#N. The Kier molecular flexibility index (Phi) is 5.57. The van der Waals surface area contributed by atoms with Crippen molar-refractivity contribution in [1.82, 2.24) is 0 Å². The van der Waals surface area contributed by atoms with E-state index in [2.05, 4.69) is 10.6 Å². The minimum Gasteiger partial charge on any atom is -0.360 e. The molecule has 0 spiro atoms. The highest BCUT2D eigenvalue weighted by Gasteiger charge is 2.11. The Labute approximate surface area is 144 Å². The number of halogens is 1. The van der Waals surface area contributed by atoms with Crippen molar-refractivity contribution < 1.29 is 4.79 Å². The number of hydrogen-bond donors (Lipinski definition) is 2. The van der Waals surface area contributed by atoms with Gasteiger partial charge in [-0.15, -0.1) is 0 Å². The number of carbonyl (C=O) groups is 1. The fourth-order valence-electron chi connectivity index (χ4n) is 1.93. The van der Waals surface area contributed by atoms with E-state index in [1.165, 1.54) is 6.20 Å². The van der Waals surface area contributed by atoms with E-state index in [1.807, 2.05) is 25.1 Å². The zero-order valence-electron chi connectivity index (χ0n) is 12.8. The van der Waals surface area contributed by atoms with E-state index in [-0.39, 0.29) is 5.57 Å². The summed E-state index contributed by atoms with van der Waals surface area (Å²) in [5.41, 5.74) is 2.16. The first-order chi connectivity index (χ1) is 11.5. The highest BCUT2D eigenvalue weighted by Crippen LogP contribution is 2.20. The first-order valence-electron chi connectivity index (χ1n) is 6.98. The van der Waals surface area contributed by atoms with Gasteiger partial charge in [0.1, 0.15) is 17.7 Å². The molecular formula is C18H13ClN4O. The van der Waals surface area contributed by atoms with Gasteiger partial charge < -0.3 is 10.6 Å². The van der Waals surface area contributed by atoms with Crippen molar-refractivity contribution >= 4 is 28.9 Å². The lowest BCUT2D eigenvalue weighted by molar-refractivity contribution is -0.112. The van der Waals surface area contributed by atoms with Crippen molar-refractivity contribution in [3.8, 4) is 12.1 Å². The van der Waals surface area contributed by atoms with Crippen LogP contribution in [-0.4, -0.2) is 5.91 Å². The van der Waals surface area contributed by atoms with Crippen LogP contribution in [0.1, 0.15) is 11.1 Å². The molecule has 0 atom stereocenters. The highest BCUT2D eigenvalue weighted by atomic mass is 35.5. The highest BCUT2D eigenvalue weighted by molar-refractivity contribution is 6.30. The maximum absolute atomic E-state index is 12.2. The summed E-state index contributed by atoms with van der Waals surface area (Å²) >= 11 is 5.93. The minimum absolute atomic E-state index is 0.123. The van der Waals surface area contributed by atoms with Crippen LogP contribution in [0.25, 0.3) is 0 Å². The minimum atomic E-state index is -0.604. The third-order valence-electron chi connectivity index (χ3n) is 3.23.